The molecule has 1 heterocycles. The molecule has 2 aromatic carbocycles. The smallest absolute Gasteiger partial charge is 0.228 e. The Balaban J connectivity index is 0.00000208. The molecule has 0 radical (unpaired) electrons. The molecule has 1 aliphatic heterocycles. The molecule has 3 nitrogen and oxygen atoms in total. The highest BCUT2D eigenvalue weighted by Gasteiger charge is 2.14. The summed E-state index contributed by atoms with van der Waals surface area (Å²) < 4.78 is 0. The lowest BCUT2D eigenvalue weighted by atomic mass is 9.91. The van der Waals surface area contributed by atoms with Crippen LogP contribution in [0.15, 0.2) is 48.5 Å². The molecule has 0 saturated carbocycles. The number of hydrogen-bond acceptors (Lipinski definition) is 2. The first-order valence-corrected chi connectivity index (χ1v) is 8.43. The third kappa shape index (κ3) is 5.23. The SMILES string of the molecule is Cl.O=C(Cc1ccc(Cl)cc1)Nc1ccc(C2CCCNC2)cc1. The molecule has 2 N–H and O–H groups in total. The first kappa shape index (κ1) is 18.8. The van der Waals surface area contributed by atoms with Crippen LogP contribution in [0.1, 0.15) is 29.9 Å². The van der Waals surface area contributed by atoms with E-state index in [0.29, 0.717) is 17.4 Å². The molecule has 1 atom stereocenters. The van der Waals surface area contributed by atoms with Crippen molar-refractivity contribution in [3.05, 3.63) is 64.7 Å². The Morgan fingerprint density at radius 1 is 1.12 bits per heavy atom. The van der Waals surface area contributed by atoms with Gasteiger partial charge in [0.2, 0.25) is 5.91 Å². The number of hydrogen-bond donors (Lipinski definition) is 2. The minimum Gasteiger partial charge on any atom is -0.326 e. The maximum absolute atomic E-state index is 12.1. The van der Waals surface area contributed by atoms with E-state index in [1.54, 1.807) is 12.1 Å². The first-order valence-electron chi connectivity index (χ1n) is 8.06. The molecule has 5 heteroatoms. The second-order valence-corrected chi connectivity index (χ2v) is 6.45. The van der Waals surface area contributed by atoms with Crippen molar-refractivity contribution in [2.75, 3.05) is 18.4 Å². The van der Waals surface area contributed by atoms with Crippen LogP contribution in [-0.4, -0.2) is 19.0 Å². The van der Waals surface area contributed by atoms with Gasteiger partial charge < -0.3 is 10.6 Å². The van der Waals surface area contributed by atoms with E-state index in [0.717, 1.165) is 24.3 Å². The number of piperidine rings is 1. The average Bonchev–Trinajstić information content (AvgIpc) is 2.58. The normalized spacial score (nSPS) is 17.0. The number of nitrogens with one attached hydrogen (secondary N) is 2. The Morgan fingerprint density at radius 3 is 2.46 bits per heavy atom. The Morgan fingerprint density at radius 2 is 1.83 bits per heavy atom. The standard InChI is InChI=1S/C19H21ClN2O.ClH/c20-17-7-3-14(4-8-17)12-19(23)22-18-9-5-15(6-10-18)16-2-1-11-21-13-16;/h3-10,16,21H,1-2,11-13H2,(H,22,23);1H. The van der Waals surface area contributed by atoms with E-state index < -0.39 is 0 Å². The molecule has 1 fully saturated rings. The molecule has 1 unspecified atom stereocenters. The van der Waals surface area contributed by atoms with Gasteiger partial charge >= 0.3 is 0 Å². The van der Waals surface area contributed by atoms with E-state index in [1.165, 1.54) is 18.4 Å². The number of anilines is 1. The summed E-state index contributed by atoms with van der Waals surface area (Å²) in [6, 6.07) is 15.6. The Hall–Kier alpha value is -1.55. The third-order valence-corrected chi connectivity index (χ3v) is 4.49. The van der Waals surface area contributed by atoms with Crippen LogP contribution in [0.25, 0.3) is 0 Å². The van der Waals surface area contributed by atoms with E-state index in [2.05, 4.69) is 22.8 Å². The van der Waals surface area contributed by atoms with E-state index in [9.17, 15) is 4.79 Å². The Kier molecular flexibility index (Phi) is 7.10. The molecular weight excluding hydrogens is 343 g/mol. The van der Waals surface area contributed by atoms with Gasteiger partial charge in [-0.25, -0.2) is 0 Å². The Bertz CT molecular complexity index is 650. The van der Waals surface area contributed by atoms with Crippen LogP contribution in [0.5, 0.6) is 0 Å². The fourth-order valence-corrected chi connectivity index (χ4v) is 3.09. The molecule has 1 amide bonds. The van der Waals surface area contributed by atoms with Crippen molar-refractivity contribution < 1.29 is 4.79 Å². The second-order valence-electron chi connectivity index (χ2n) is 6.02. The van der Waals surface area contributed by atoms with Crippen LogP contribution >= 0.6 is 24.0 Å². The monoisotopic (exact) mass is 364 g/mol. The summed E-state index contributed by atoms with van der Waals surface area (Å²) in [5, 5.41) is 7.06. The maximum Gasteiger partial charge on any atom is 0.228 e. The van der Waals surface area contributed by atoms with Crippen molar-refractivity contribution in [3.8, 4) is 0 Å². The number of benzene rings is 2. The Labute approximate surface area is 154 Å². The molecular formula is C19H22Cl2N2O. The average molecular weight is 365 g/mol. The van der Waals surface area contributed by atoms with Crippen LogP contribution in [0.2, 0.25) is 5.02 Å². The summed E-state index contributed by atoms with van der Waals surface area (Å²) in [4.78, 5) is 12.1. The van der Waals surface area contributed by atoms with Crippen molar-refractivity contribution in [3.63, 3.8) is 0 Å². The second kappa shape index (κ2) is 9.07. The minimum absolute atomic E-state index is 0. The van der Waals surface area contributed by atoms with Crippen LogP contribution in [0.3, 0.4) is 0 Å². The summed E-state index contributed by atoms with van der Waals surface area (Å²) in [6.07, 6.45) is 2.81. The number of amides is 1. The molecule has 1 aliphatic rings. The number of rotatable bonds is 4. The molecule has 0 aromatic heterocycles. The van der Waals surface area contributed by atoms with E-state index in [-0.39, 0.29) is 18.3 Å². The van der Waals surface area contributed by atoms with E-state index in [4.69, 9.17) is 11.6 Å². The molecule has 0 aliphatic carbocycles. The molecule has 0 bridgehead atoms. The zero-order valence-electron chi connectivity index (χ0n) is 13.4. The lowest BCUT2D eigenvalue weighted by molar-refractivity contribution is -0.115. The summed E-state index contributed by atoms with van der Waals surface area (Å²) in [5.74, 6) is 0.571. The highest BCUT2D eigenvalue weighted by atomic mass is 35.5. The van der Waals surface area contributed by atoms with Gasteiger partial charge in [-0.05, 0) is 60.7 Å². The molecule has 1 saturated heterocycles. The third-order valence-electron chi connectivity index (χ3n) is 4.24. The lowest BCUT2D eigenvalue weighted by Crippen LogP contribution is -2.28. The van der Waals surface area contributed by atoms with Gasteiger partial charge in [-0.1, -0.05) is 35.9 Å². The van der Waals surface area contributed by atoms with Gasteiger partial charge in [-0.2, -0.15) is 0 Å². The highest BCUT2D eigenvalue weighted by molar-refractivity contribution is 6.30. The zero-order chi connectivity index (χ0) is 16.1. The van der Waals surface area contributed by atoms with Crippen LogP contribution in [0.4, 0.5) is 5.69 Å². The fourth-order valence-electron chi connectivity index (χ4n) is 2.97. The highest BCUT2D eigenvalue weighted by Crippen LogP contribution is 2.24. The van der Waals surface area contributed by atoms with Crippen LogP contribution in [0, 0.1) is 0 Å². The molecule has 3 rings (SSSR count). The van der Waals surface area contributed by atoms with Crippen LogP contribution < -0.4 is 10.6 Å². The van der Waals surface area contributed by atoms with Crippen molar-refractivity contribution in [1.82, 2.24) is 5.32 Å². The largest absolute Gasteiger partial charge is 0.326 e. The number of halogens is 2. The predicted molar refractivity (Wildman–Crippen MR) is 102 cm³/mol. The van der Waals surface area contributed by atoms with Gasteiger partial charge in [0.25, 0.3) is 0 Å². The van der Waals surface area contributed by atoms with Crippen molar-refractivity contribution >= 4 is 35.6 Å². The van der Waals surface area contributed by atoms with Crippen molar-refractivity contribution in [2.45, 2.75) is 25.2 Å². The molecule has 128 valence electrons. The number of carbonyl (C=O) groups excluding carboxylic acids is 1. The van der Waals surface area contributed by atoms with Crippen LogP contribution in [-0.2, 0) is 11.2 Å². The van der Waals surface area contributed by atoms with Crippen molar-refractivity contribution in [1.29, 1.82) is 0 Å². The summed E-state index contributed by atoms with van der Waals surface area (Å²) in [7, 11) is 0. The summed E-state index contributed by atoms with van der Waals surface area (Å²) >= 11 is 5.85. The van der Waals surface area contributed by atoms with Gasteiger partial charge in [0.1, 0.15) is 0 Å². The van der Waals surface area contributed by atoms with E-state index in [1.807, 2.05) is 24.3 Å². The first-order chi connectivity index (χ1) is 11.2. The predicted octanol–water partition coefficient (Wildman–Crippen LogP) is 4.41. The van der Waals surface area contributed by atoms with Crippen molar-refractivity contribution in [2.24, 2.45) is 0 Å². The summed E-state index contributed by atoms with van der Waals surface area (Å²) in [5.41, 5.74) is 3.14. The van der Waals surface area contributed by atoms with Gasteiger partial charge in [-0.3, -0.25) is 4.79 Å². The molecule has 0 spiro atoms. The lowest BCUT2D eigenvalue weighted by Gasteiger charge is -2.23. The maximum atomic E-state index is 12.1. The van der Waals surface area contributed by atoms with Gasteiger partial charge in [-0.15, -0.1) is 12.4 Å². The quantitative estimate of drug-likeness (QED) is 0.843. The van der Waals surface area contributed by atoms with Gasteiger partial charge in [0, 0.05) is 17.3 Å². The molecule has 2 aromatic rings. The topological polar surface area (TPSA) is 41.1 Å². The van der Waals surface area contributed by atoms with Gasteiger partial charge in [0.15, 0.2) is 0 Å². The van der Waals surface area contributed by atoms with E-state index >= 15 is 0 Å². The summed E-state index contributed by atoms with van der Waals surface area (Å²) in [6.45, 7) is 2.16. The molecule has 24 heavy (non-hydrogen) atoms. The van der Waals surface area contributed by atoms with Gasteiger partial charge in [0.05, 0.1) is 6.42 Å². The number of carbonyl (C=O) groups is 1. The minimum atomic E-state index is -0.0144. The zero-order valence-corrected chi connectivity index (χ0v) is 15.0. The fraction of sp³-hybridized carbons (Fsp3) is 0.316.